The van der Waals surface area contributed by atoms with Crippen LogP contribution in [0.25, 0.3) is 0 Å². The summed E-state index contributed by atoms with van der Waals surface area (Å²) in [5.74, 6) is -1.20. The average Bonchev–Trinajstić information content (AvgIpc) is 1.87. The predicted molar refractivity (Wildman–Crippen MR) is 34.1 cm³/mol. The number of hydrogen-bond donors (Lipinski definition) is 1. The zero-order valence-electron chi connectivity index (χ0n) is 5.50. The van der Waals surface area contributed by atoms with Crippen LogP contribution in [-0.4, -0.2) is 17.2 Å². The van der Waals surface area contributed by atoms with Gasteiger partial charge in [0.05, 0.1) is 0 Å². The third kappa shape index (κ3) is 2.79. The molecule has 0 amide bonds. The molecule has 4 nitrogen and oxygen atoms in total. The highest BCUT2D eigenvalue weighted by Gasteiger charge is 2.02. The van der Waals surface area contributed by atoms with Crippen molar-refractivity contribution in [2.45, 2.75) is 13.3 Å². The molecule has 0 aliphatic rings. The number of aliphatic imine (C=N–C) groups is 1. The number of nitrogens with zero attached hydrogens (tertiary/aromatic N) is 1. The SMILES string of the molecule is CC/C=C(/N=C=O)C(=O)O. The number of allylic oxidation sites excluding steroid dienone is 1. The third-order valence-electron chi connectivity index (χ3n) is 0.783. The van der Waals surface area contributed by atoms with Crippen molar-refractivity contribution in [1.82, 2.24) is 0 Å². The fourth-order valence-electron chi connectivity index (χ4n) is 0.423. The van der Waals surface area contributed by atoms with Gasteiger partial charge < -0.3 is 5.11 Å². The minimum atomic E-state index is -1.20. The van der Waals surface area contributed by atoms with E-state index in [0.717, 1.165) is 6.08 Å². The topological polar surface area (TPSA) is 66.7 Å². The van der Waals surface area contributed by atoms with E-state index >= 15 is 0 Å². The number of carbonyl (C=O) groups excluding carboxylic acids is 1. The lowest BCUT2D eigenvalue weighted by molar-refractivity contribution is -0.132. The molecule has 0 bridgehead atoms. The van der Waals surface area contributed by atoms with Crippen LogP contribution < -0.4 is 0 Å². The summed E-state index contributed by atoms with van der Waals surface area (Å²) in [6, 6.07) is 0. The first kappa shape index (κ1) is 8.59. The first-order chi connectivity index (χ1) is 4.72. The van der Waals surface area contributed by atoms with Gasteiger partial charge in [-0.05, 0) is 6.42 Å². The van der Waals surface area contributed by atoms with Crippen molar-refractivity contribution in [3.63, 3.8) is 0 Å². The average molecular weight is 141 g/mol. The van der Waals surface area contributed by atoms with Gasteiger partial charge in [0.15, 0.2) is 5.70 Å². The molecule has 0 spiro atoms. The Labute approximate surface area is 57.9 Å². The maximum absolute atomic E-state index is 10.1. The van der Waals surface area contributed by atoms with E-state index in [-0.39, 0.29) is 5.70 Å². The number of carboxylic acids is 1. The molecule has 0 rings (SSSR count). The van der Waals surface area contributed by atoms with Gasteiger partial charge >= 0.3 is 5.97 Å². The molecule has 10 heavy (non-hydrogen) atoms. The van der Waals surface area contributed by atoms with E-state index in [9.17, 15) is 9.59 Å². The molecule has 0 aromatic heterocycles. The molecular weight excluding hydrogens is 134 g/mol. The normalized spacial score (nSPS) is 10.3. The van der Waals surface area contributed by atoms with Gasteiger partial charge in [-0.1, -0.05) is 13.0 Å². The first-order valence-corrected chi connectivity index (χ1v) is 2.73. The summed E-state index contributed by atoms with van der Waals surface area (Å²) in [4.78, 5) is 22.7. The molecule has 0 unspecified atom stereocenters. The van der Waals surface area contributed by atoms with Gasteiger partial charge in [-0.2, -0.15) is 4.99 Å². The highest BCUT2D eigenvalue weighted by molar-refractivity contribution is 5.87. The van der Waals surface area contributed by atoms with Crippen LogP contribution in [0.3, 0.4) is 0 Å². The molecule has 0 heterocycles. The zero-order chi connectivity index (χ0) is 7.98. The zero-order valence-corrected chi connectivity index (χ0v) is 5.50. The molecule has 0 saturated carbocycles. The maximum atomic E-state index is 10.1. The minimum absolute atomic E-state index is 0.252. The van der Waals surface area contributed by atoms with Crippen LogP contribution in [0.4, 0.5) is 0 Å². The number of carbonyl (C=O) groups is 1. The first-order valence-electron chi connectivity index (χ1n) is 2.73. The van der Waals surface area contributed by atoms with E-state index in [4.69, 9.17) is 5.11 Å². The third-order valence-corrected chi connectivity index (χ3v) is 0.783. The van der Waals surface area contributed by atoms with Crippen molar-refractivity contribution >= 4 is 12.0 Å². The molecule has 0 aliphatic carbocycles. The second-order valence-corrected chi connectivity index (χ2v) is 1.51. The molecule has 0 aromatic carbocycles. The van der Waals surface area contributed by atoms with Crippen molar-refractivity contribution in [3.8, 4) is 0 Å². The van der Waals surface area contributed by atoms with Gasteiger partial charge in [-0.25, -0.2) is 9.59 Å². The number of rotatable bonds is 3. The Morgan fingerprint density at radius 1 is 1.80 bits per heavy atom. The second-order valence-electron chi connectivity index (χ2n) is 1.51. The van der Waals surface area contributed by atoms with Gasteiger partial charge in [0, 0.05) is 0 Å². The lowest BCUT2D eigenvalue weighted by Gasteiger charge is -1.86. The fourth-order valence-corrected chi connectivity index (χ4v) is 0.423. The van der Waals surface area contributed by atoms with Gasteiger partial charge in [-0.15, -0.1) is 0 Å². The van der Waals surface area contributed by atoms with Crippen molar-refractivity contribution in [1.29, 1.82) is 0 Å². The summed E-state index contributed by atoms with van der Waals surface area (Å²) in [6.07, 6.45) is 3.03. The Morgan fingerprint density at radius 2 is 2.40 bits per heavy atom. The van der Waals surface area contributed by atoms with Gasteiger partial charge in [0.2, 0.25) is 6.08 Å². The van der Waals surface area contributed by atoms with Crippen LogP contribution in [0, 0.1) is 0 Å². The van der Waals surface area contributed by atoms with Crippen LogP contribution in [-0.2, 0) is 9.59 Å². The summed E-state index contributed by atoms with van der Waals surface area (Å²) in [6.45, 7) is 1.75. The van der Waals surface area contributed by atoms with Crippen LogP contribution in [0.5, 0.6) is 0 Å². The molecule has 0 aliphatic heterocycles. The van der Waals surface area contributed by atoms with Crippen LogP contribution in [0.1, 0.15) is 13.3 Å². The Hall–Kier alpha value is -1.41. The minimum Gasteiger partial charge on any atom is -0.476 e. The number of carboxylic acid groups (broad SMARTS) is 1. The van der Waals surface area contributed by atoms with Gasteiger partial charge in [0.1, 0.15) is 0 Å². The lowest BCUT2D eigenvalue weighted by atomic mass is 10.3. The quantitative estimate of drug-likeness (QED) is 0.357. The molecule has 54 valence electrons. The van der Waals surface area contributed by atoms with Crippen LogP contribution >= 0.6 is 0 Å². The second kappa shape index (κ2) is 4.47. The molecule has 1 N–H and O–H groups in total. The van der Waals surface area contributed by atoms with Gasteiger partial charge in [-0.3, -0.25) is 0 Å². The van der Waals surface area contributed by atoms with Crippen molar-refractivity contribution < 1.29 is 14.7 Å². The molecule has 0 aromatic rings. The summed E-state index contributed by atoms with van der Waals surface area (Å²) in [5.41, 5.74) is -0.252. The van der Waals surface area contributed by atoms with Crippen molar-refractivity contribution in [3.05, 3.63) is 11.8 Å². The molecular formula is C6H7NO3. The van der Waals surface area contributed by atoms with E-state index in [2.05, 4.69) is 4.99 Å². The molecule has 0 saturated heterocycles. The predicted octanol–water partition coefficient (Wildman–Crippen LogP) is 0.701. The highest BCUT2D eigenvalue weighted by atomic mass is 16.4. The number of isocyanates is 1. The fraction of sp³-hybridized carbons (Fsp3) is 0.333. The maximum Gasteiger partial charge on any atom is 0.355 e. The van der Waals surface area contributed by atoms with E-state index in [1.807, 2.05) is 0 Å². The summed E-state index contributed by atoms with van der Waals surface area (Å²) >= 11 is 0. The van der Waals surface area contributed by atoms with E-state index in [1.54, 1.807) is 6.92 Å². The van der Waals surface area contributed by atoms with Crippen LogP contribution in [0.15, 0.2) is 16.8 Å². The highest BCUT2D eigenvalue weighted by Crippen LogP contribution is 1.96. The molecule has 4 heteroatoms. The summed E-state index contributed by atoms with van der Waals surface area (Å²) in [7, 11) is 0. The number of hydrogen-bond acceptors (Lipinski definition) is 3. The van der Waals surface area contributed by atoms with Crippen molar-refractivity contribution in [2.24, 2.45) is 4.99 Å². The van der Waals surface area contributed by atoms with Crippen LogP contribution in [0.2, 0.25) is 0 Å². The van der Waals surface area contributed by atoms with E-state index < -0.39 is 5.97 Å². The van der Waals surface area contributed by atoms with E-state index in [0.29, 0.717) is 6.42 Å². The van der Waals surface area contributed by atoms with E-state index in [1.165, 1.54) is 6.08 Å². The monoisotopic (exact) mass is 141 g/mol. The molecule has 0 fully saturated rings. The smallest absolute Gasteiger partial charge is 0.355 e. The Bertz CT molecular complexity index is 197. The molecule has 0 radical (unpaired) electrons. The Kier molecular flexibility index (Phi) is 3.84. The number of aliphatic carboxylic acids is 1. The largest absolute Gasteiger partial charge is 0.476 e. The van der Waals surface area contributed by atoms with Gasteiger partial charge in [0.25, 0.3) is 0 Å². The lowest BCUT2D eigenvalue weighted by Crippen LogP contribution is -1.96. The summed E-state index contributed by atoms with van der Waals surface area (Å²) < 4.78 is 0. The Balaban J connectivity index is 4.41. The Morgan fingerprint density at radius 3 is 2.70 bits per heavy atom. The standard InChI is InChI=1S/C6H7NO3/c1-2-3-5(6(9)10)7-4-8/h3H,2H2,1H3,(H,9,10)/b5-3+. The summed E-state index contributed by atoms with van der Waals surface area (Å²) in [5, 5.41) is 8.29. The molecule has 0 atom stereocenters. The van der Waals surface area contributed by atoms with Crippen molar-refractivity contribution in [2.75, 3.05) is 0 Å².